The topological polar surface area (TPSA) is 84.4 Å². The molecule has 0 saturated carbocycles. The van der Waals surface area contributed by atoms with E-state index in [2.05, 4.69) is 15.3 Å². The number of likely N-dealkylation sites (tertiary alicyclic amines) is 1. The Hall–Kier alpha value is -2.87. The molecular weight excluding hydrogens is 363 g/mol. The number of nitrogens with one attached hydrogen (secondary N) is 1. The van der Waals surface area contributed by atoms with Crippen LogP contribution < -0.4 is 5.32 Å². The van der Waals surface area contributed by atoms with Crippen molar-refractivity contribution in [1.82, 2.24) is 20.2 Å². The molecule has 1 atom stereocenters. The van der Waals surface area contributed by atoms with Gasteiger partial charge in [-0.2, -0.15) is 0 Å². The van der Waals surface area contributed by atoms with Gasteiger partial charge in [-0.05, 0) is 37.5 Å². The van der Waals surface area contributed by atoms with Crippen molar-refractivity contribution in [2.45, 2.75) is 32.4 Å². The first-order valence-electron chi connectivity index (χ1n) is 9.14. The molecule has 1 saturated heterocycles. The van der Waals surface area contributed by atoms with Crippen LogP contribution in [0.4, 0.5) is 4.39 Å². The zero-order valence-electron chi connectivity index (χ0n) is 15.9. The predicted octanol–water partition coefficient (Wildman–Crippen LogP) is 2.16. The van der Waals surface area contributed by atoms with Crippen LogP contribution in [-0.2, 0) is 16.1 Å². The average Bonchev–Trinajstić information content (AvgIpc) is 3.17. The maximum atomic E-state index is 13.0. The van der Waals surface area contributed by atoms with Gasteiger partial charge in [0.2, 0.25) is 5.91 Å². The van der Waals surface area contributed by atoms with Crippen LogP contribution >= 0.6 is 0 Å². The van der Waals surface area contributed by atoms with Gasteiger partial charge in [0.15, 0.2) is 5.82 Å². The monoisotopic (exact) mass is 386 g/mol. The SMILES string of the molecule is COCC(=O)N1CCCC1c1ncc(C(=O)NCc2ccc(F)cc2)c(C)n1. The van der Waals surface area contributed by atoms with Gasteiger partial charge in [-0.3, -0.25) is 9.59 Å². The Bertz CT molecular complexity index is 857. The summed E-state index contributed by atoms with van der Waals surface area (Å²) < 4.78 is 17.9. The van der Waals surface area contributed by atoms with Crippen molar-refractivity contribution in [2.24, 2.45) is 0 Å². The molecule has 1 aromatic heterocycles. The Kier molecular flexibility index (Phi) is 6.30. The Morgan fingerprint density at radius 2 is 2.07 bits per heavy atom. The molecule has 28 heavy (non-hydrogen) atoms. The lowest BCUT2D eigenvalue weighted by atomic mass is 10.1. The first kappa shape index (κ1) is 19.9. The number of aryl methyl sites for hydroxylation is 1. The number of benzene rings is 1. The molecule has 1 fully saturated rings. The van der Waals surface area contributed by atoms with Crippen LogP contribution in [0.15, 0.2) is 30.5 Å². The first-order chi connectivity index (χ1) is 13.5. The number of hydrogen-bond acceptors (Lipinski definition) is 5. The lowest BCUT2D eigenvalue weighted by Crippen LogP contribution is -2.34. The third-order valence-corrected chi connectivity index (χ3v) is 4.75. The van der Waals surface area contributed by atoms with E-state index in [9.17, 15) is 14.0 Å². The number of methoxy groups -OCH3 is 1. The Morgan fingerprint density at radius 1 is 1.32 bits per heavy atom. The van der Waals surface area contributed by atoms with Gasteiger partial charge in [0.1, 0.15) is 12.4 Å². The summed E-state index contributed by atoms with van der Waals surface area (Å²) >= 11 is 0. The number of carbonyl (C=O) groups is 2. The minimum absolute atomic E-state index is 0.0271. The van der Waals surface area contributed by atoms with Crippen LogP contribution in [0.1, 0.15) is 46.3 Å². The third-order valence-electron chi connectivity index (χ3n) is 4.75. The van der Waals surface area contributed by atoms with E-state index >= 15 is 0 Å². The molecule has 1 aliphatic heterocycles. The van der Waals surface area contributed by atoms with E-state index in [1.54, 1.807) is 24.0 Å². The van der Waals surface area contributed by atoms with E-state index in [0.717, 1.165) is 18.4 Å². The van der Waals surface area contributed by atoms with Gasteiger partial charge < -0.3 is 15.0 Å². The number of aromatic nitrogens is 2. The summed E-state index contributed by atoms with van der Waals surface area (Å²) in [5.74, 6) is -0.172. The second-order valence-electron chi connectivity index (χ2n) is 6.71. The van der Waals surface area contributed by atoms with Gasteiger partial charge >= 0.3 is 0 Å². The van der Waals surface area contributed by atoms with Crippen LogP contribution in [0.25, 0.3) is 0 Å². The van der Waals surface area contributed by atoms with Gasteiger partial charge in [0, 0.05) is 26.4 Å². The Labute approximate surface area is 162 Å². The third kappa shape index (κ3) is 4.51. The van der Waals surface area contributed by atoms with E-state index < -0.39 is 0 Å². The fraction of sp³-hybridized carbons (Fsp3) is 0.400. The van der Waals surface area contributed by atoms with Crippen LogP contribution in [0.5, 0.6) is 0 Å². The largest absolute Gasteiger partial charge is 0.375 e. The number of carbonyl (C=O) groups excluding carboxylic acids is 2. The number of hydrogen-bond donors (Lipinski definition) is 1. The van der Waals surface area contributed by atoms with Crippen molar-refractivity contribution in [3.05, 3.63) is 58.9 Å². The highest BCUT2D eigenvalue weighted by atomic mass is 19.1. The summed E-state index contributed by atoms with van der Waals surface area (Å²) in [5, 5.41) is 2.79. The van der Waals surface area contributed by atoms with Crippen molar-refractivity contribution in [3.8, 4) is 0 Å². The van der Waals surface area contributed by atoms with Crippen LogP contribution in [-0.4, -0.2) is 46.9 Å². The summed E-state index contributed by atoms with van der Waals surface area (Å²) in [4.78, 5) is 35.2. The van der Waals surface area contributed by atoms with Gasteiger partial charge in [0.05, 0.1) is 17.3 Å². The Morgan fingerprint density at radius 3 is 2.75 bits per heavy atom. The molecule has 1 N–H and O–H groups in total. The molecule has 0 radical (unpaired) electrons. The molecule has 0 bridgehead atoms. The van der Waals surface area contributed by atoms with Crippen molar-refractivity contribution in [3.63, 3.8) is 0 Å². The highest BCUT2D eigenvalue weighted by Crippen LogP contribution is 2.30. The van der Waals surface area contributed by atoms with Crippen LogP contribution in [0, 0.1) is 12.7 Å². The number of halogens is 1. The zero-order chi connectivity index (χ0) is 20.1. The molecule has 1 aliphatic rings. The van der Waals surface area contributed by atoms with Crippen LogP contribution in [0.2, 0.25) is 0 Å². The van der Waals surface area contributed by atoms with E-state index in [1.165, 1.54) is 25.4 Å². The van der Waals surface area contributed by atoms with E-state index in [4.69, 9.17) is 4.74 Å². The molecule has 0 spiro atoms. The van der Waals surface area contributed by atoms with E-state index in [1.807, 2.05) is 0 Å². The average molecular weight is 386 g/mol. The number of nitrogens with zero attached hydrogens (tertiary/aromatic N) is 3. The van der Waals surface area contributed by atoms with Crippen molar-refractivity contribution < 1.29 is 18.7 Å². The molecule has 2 heterocycles. The van der Waals surface area contributed by atoms with Gasteiger partial charge in [0.25, 0.3) is 5.91 Å². The molecule has 148 valence electrons. The quantitative estimate of drug-likeness (QED) is 0.823. The van der Waals surface area contributed by atoms with Gasteiger partial charge in [-0.1, -0.05) is 12.1 Å². The summed E-state index contributed by atoms with van der Waals surface area (Å²) in [6.45, 7) is 2.70. The van der Waals surface area contributed by atoms with Crippen molar-refractivity contribution in [2.75, 3.05) is 20.3 Å². The molecule has 2 amide bonds. The fourth-order valence-corrected chi connectivity index (χ4v) is 3.29. The highest BCUT2D eigenvalue weighted by Gasteiger charge is 2.32. The van der Waals surface area contributed by atoms with Gasteiger partial charge in [-0.25, -0.2) is 14.4 Å². The number of ether oxygens (including phenoxy) is 1. The normalized spacial score (nSPS) is 16.2. The second-order valence-corrected chi connectivity index (χ2v) is 6.71. The molecule has 8 heteroatoms. The highest BCUT2D eigenvalue weighted by molar-refractivity contribution is 5.94. The molecular formula is C20H23FN4O3. The zero-order valence-corrected chi connectivity index (χ0v) is 15.9. The number of rotatable bonds is 6. The molecule has 1 unspecified atom stereocenters. The summed E-state index contributed by atoms with van der Waals surface area (Å²) in [5.41, 5.74) is 1.72. The molecule has 2 aromatic rings. The van der Waals surface area contributed by atoms with Crippen LogP contribution in [0.3, 0.4) is 0 Å². The second kappa shape index (κ2) is 8.88. The van der Waals surface area contributed by atoms with Crippen molar-refractivity contribution in [1.29, 1.82) is 0 Å². The summed E-state index contributed by atoms with van der Waals surface area (Å²) in [6, 6.07) is 5.74. The number of amides is 2. The minimum atomic E-state index is -0.320. The predicted molar refractivity (Wildman–Crippen MR) is 99.9 cm³/mol. The first-order valence-corrected chi connectivity index (χ1v) is 9.14. The lowest BCUT2D eigenvalue weighted by molar-refractivity contribution is -0.136. The molecule has 7 nitrogen and oxygen atoms in total. The molecule has 1 aromatic carbocycles. The molecule has 0 aliphatic carbocycles. The fourth-order valence-electron chi connectivity index (χ4n) is 3.29. The lowest BCUT2D eigenvalue weighted by Gasteiger charge is -2.23. The van der Waals surface area contributed by atoms with Crippen molar-refractivity contribution >= 4 is 11.8 Å². The summed E-state index contributed by atoms with van der Waals surface area (Å²) in [6.07, 6.45) is 3.16. The maximum Gasteiger partial charge on any atom is 0.254 e. The summed E-state index contributed by atoms with van der Waals surface area (Å²) in [7, 11) is 1.49. The standard InChI is InChI=1S/C20H23FN4O3/c1-13-16(20(27)23-10-14-5-7-15(21)8-6-14)11-22-19(24-13)17-4-3-9-25(17)18(26)12-28-2/h5-8,11,17H,3-4,9-10,12H2,1-2H3,(H,23,27). The minimum Gasteiger partial charge on any atom is -0.375 e. The molecule has 3 rings (SSSR count). The Balaban J connectivity index is 1.68. The van der Waals surface area contributed by atoms with E-state index in [0.29, 0.717) is 23.6 Å². The maximum absolute atomic E-state index is 13.0. The van der Waals surface area contributed by atoms with Gasteiger partial charge in [-0.15, -0.1) is 0 Å². The smallest absolute Gasteiger partial charge is 0.254 e. The van der Waals surface area contributed by atoms with E-state index in [-0.39, 0.29) is 36.8 Å².